The molecule has 5 heteroatoms. The molecule has 2 N–H and O–H groups in total. The number of thioether (sulfide) groups is 1. The van der Waals surface area contributed by atoms with Gasteiger partial charge in [0.25, 0.3) is 0 Å². The molecule has 0 aromatic carbocycles. The van der Waals surface area contributed by atoms with E-state index in [1.165, 1.54) is 25.7 Å². The zero-order valence-electron chi connectivity index (χ0n) is 12.6. The molecule has 2 rings (SSSR count). The van der Waals surface area contributed by atoms with Crippen molar-refractivity contribution in [3.05, 3.63) is 18.5 Å². The van der Waals surface area contributed by atoms with E-state index in [1.807, 2.05) is 6.08 Å². The lowest BCUT2D eigenvalue weighted by atomic mass is 10.0. The zero-order valence-corrected chi connectivity index (χ0v) is 13.4. The second kappa shape index (κ2) is 7.27. The molecule has 0 amide bonds. The number of aromatic nitrogens is 3. The van der Waals surface area contributed by atoms with Gasteiger partial charge in [0.15, 0.2) is 11.0 Å². The minimum absolute atomic E-state index is 0.0128. The monoisotopic (exact) mass is 294 g/mol. The molecule has 1 atom stereocenters. The minimum atomic E-state index is -0.0128. The molecular formula is C15H26N4S. The van der Waals surface area contributed by atoms with Crippen molar-refractivity contribution in [2.24, 2.45) is 11.7 Å². The Labute approximate surface area is 126 Å². The Morgan fingerprint density at radius 1 is 1.40 bits per heavy atom. The normalized spacial score (nSPS) is 17.8. The molecular weight excluding hydrogens is 268 g/mol. The fraction of sp³-hybridized carbons (Fsp3) is 0.733. The fourth-order valence-corrected chi connectivity index (χ4v) is 3.64. The molecule has 0 saturated heterocycles. The predicted molar refractivity (Wildman–Crippen MR) is 84.8 cm³/mol. The van der Waals surface area contributed by atoms with Gasteiger partial charge in [0.1, 0.15) is 0 Å². The molecule has 0 bridgehead atoms. The maximum Gasteiger partial charge on any atom is 0.191 e. The van der Waals surface area contributed by atoms with Crippen molar-refractivity contribution < 1.29 is 0 Å². The van der Waals surface area contributed by atoms with Crippen LogP contribution < -0.4 is 5.73 Å². The smallest absolute Gasteiger partial charge is 0.191 e. The number of hydrogen-bond acceptors (Lipinski definition) is 4. The maximum absolute atomic E-state index is 6.35. The van der Waals surface area contributed by atoms with Crippen LogP contribution in [0.4, 0.5) is 0 Å². The van der Waals surface area contributed by atoms with E-state index in [1.54, 1.807) is 11.8 Å². The average molecular weight is 294 g/mol. The molecule has 1 aliphatic carbocycles. The van der Waals surface area contributed by atoms with Crippen molar-refractivity contribution in [3.63, 3.8) is 0 Å². The largest absolute Gasteiger partial charge is 0.321 e. The summed E-state index contributed by atoms with van der Waals surface area (Å²) in [5, 5.41) is 9.78. The van der Waals surface area contributed by atoms with Crippen LogP contribution in [-0.4, -0.2) is 20.5 Å². The zero-order chi connectivity index (χ0) is 14.5. The van der Waals surface area contributed by atoms with Crippen molar-refractivity contribution in [1.82, 2.24) is 14.8 Å². The van der Waals surface area contributed by atoms with Crippen LogP contribution in [0.2, 0.25) is 0 Å². The summed E-state index contributed by atoms with van der Waals surface area (Å²) in [5.41, 5.74) is 6.35. The first kappa shape index (κ1) is 15.6. The molecule has 20 heavy (non-hydrogen) atoms. The van der Waals surface area contributed by atoms with Crippen LogP contribution in [0.25, 0.3) is 0 Å². The fourth-order valence-electron chi connectivity index (χ4n) is 2.89. The number of hydrogen-bond donors (Lipinski definition) is 1. The van der Waals surface area contributed by atoms with Gasteiger partial charge in [-0.2, -0.15) is 0 Å². The molecule has 4 nitrogen and oxygen atoms in total. The van der Waals surface area contributed by atoms with Crippen LogP contribution in [0.1, 0.15) is 63.9 Å². The van der Waals surface area contributed by atoms with E-state index in [0.29, 0.717) is 12.0 Å². The van der Waals surface area contributed by atoms with Gasteiger partial charge in [0, 0.05) is 11.8 Å². The molecule has 1 heterocycles. The summed E-state index contributed by atoms with van der Waals surface area (Å²) in [5.74, 6) is 2.41. The van der Waals surface area contributed by atoms with Crippen LogP contribution in [-0.2, 0) is 0 Å². The number of rotatable bonds is 7. The van der Waals surface area contributed by atoms with Crippen molar-refractivity contribution in [2.45, 2.75) is 63.2 Å². The Hall–Kier alpha value is -0.810. The second-order valence-corrected chi connectivity index (χ2v) is 6.97. The molecule has 1 aromatic heterocycles. The van der Waals surface area contributed by atoms with E-state index < -0.39 is 0 Å². The van der Waals surface area contributed by atoms with Gasteiger partial charge in [-0.3, -0.25) is 0 Å². The van der Waals surface area contributed by atoms with Crippen LogP contribution >= 0.6 is 11.8 Å². The van der Waals surface area contributed by atoms with E-state index in [4.69, 9.17) is 5.73 Å². The second-order valence-electron chi connectivity index (χ2n) is 5.98. The van der Waals surface area contributed by atoms with Crippen molar-refractivity contribution in [3.8, 4) is 0 Å². The van der Waals surface area contributed by atoms with Gasteiger partial charge in [-0.1, -0.05) is 44.5 Å². The van der Waals surface area contributed by atoms with Crippen LogP contribution in [0.5, 0.6) is 0 Å². The van der Waals surface area contributed by atoms with Crippen LogP contribution in [0.15, 0.2) is 17.8 Å². The van der Waals surface area contributed by atoms with Crippen LogP contribution in [0, 0.1) is 5.92 Å². The van der Waals surface area contributed by atoms with Crippen molar-refractivity contribution in [1.29, 1.82) is 0 Å². The summed E-state index contributed by atoms with van der Waals surface area (Å²) < 4.78 is 2.31. The maximum atomic E-state index is 6.35. The topological polar surface area (TPSA) is 56.7 Å². The summed E-state index contributed by atoms with van der Waals surface area (Å²) in [6.45, 7) is 8.18. The third kappa shape index (κ3) is 3.64. The van der Waals surface area contributed by atoms with Gasteiger partial charge in [-0.15, -0.1) is 16.8 Å². The molecule has 1 aliphatic rings. The van der Waals surface area contributed by atoms with E-state index >= 15 is 0 Å². The highest BCUT2D eigenvalue weighted by Crippen LogP contribution is 2.35. The van der Waals surface area contributed by atoms with E-state index in [2.05, 4.69) is 35.2 Å². The van der Waals surface area contributed by atoms with Gasteiger partial charge in [0.2, 0.25) is 0 Å². The lowest BCUT2D eigenvalue weighted by Gasteiger charge is -2.20. The van der Waals surface area contributed by atoms with Crippen molar-refractivity contribution >= 4 is 11.8 Å². The van der Waals surface area contributed by atoms with Gasteiger partial charge < -0.3 is 10.3 Å². The number of nitrogens with zero attached hydrogens (tertiary/aromatic N) is 3. The van der Waals surface area contributed by atoms with Gasteiger partial charge in [0.05, 0.1) is 6.04 Å². The van der Waals surface area contributed by atoms with Crippen molar-refractivity contribution in [2.75, 3.05) is 5.75 Å². The van der Waals surface area contributed by atoms with Gasteiger partial charge in [-0.05, 0) is 25.2 Å². The summed E-state index contributed by atoms with van der Waals surface area (Å²) in [6.07, 6.45) is 7.91. The first-order chi connectivity index (χ1) is 9.63. The quantitative estimate of drug-likeness (QED) is 0.615. The first-order valence-electron chi connectivity index (χ1n) is 7.57. The first-order valence-corrected chi connectivity index (χ1v) is 8.56. The Kier molecular flexibility index (Phi) is 5.66. The number of nitrogens with two attached hydrogens (primary N) is 1. The average Bonchev–Trinajstić information content (AvgIpc) is 3.04. The summed E-state index contributed by atoms with van der Waals surface area (Å²) in [4.78, 5) is 0. The standard InChI is InChI=1S/C15H26N4S/c1-4-9-20-15-18-17-14(13(16)10-11(2)3)19(15)12-7-5-6-8-12/h4,11-13H,1,5-10,16H2,2-3H3/t13-/m0/s1. The summed E-state index contributed by atoms with van der Waals surface area (Å²) >= 11 is 1.71. The molecule has 0 unspecified atom stereocenters. The SMILES string of the molecule is C=CCSc1nnc([C@@H](N)CC(C)C)n1C1CCCC1. The molecule has 0 spiro atoms. The van der Waals surface area contributed by atoms with E-state index in [0.717, 1.165) is 23.2 Å². The van der Waals surface area contributed by atoms with Gasteiger partial charge >= 0.3 is 0 Å². The molecule has 1 saturated carbocycles. The lowest BCUT2D eigenvalue weighted by Crippen LogP contribution is -2.21. The Balaban J connectivity index is 2.25. The minimum Gasteiger partial charge on any atom is -0.321 e. The summed E-state index contributed by atoms with van der Waals surface area (Å²) in [6, 6.07) is 0.520. The van der Waals surface area contributed by atoms with Crippen LogP contribution in [0.3, 0.4) is 0 Å². The third-order valence-electron chi connectivity index (χ3n) is 3.77. The Morgan fingerprint density at radius 3 is 2.70 bits per heavy atom. The van der Waals surface area contributed by atoms with Gasteiger partial charge in [-0.25, -0.2) is 0 Å². The highest BCUT2D eigenvalue weighted by atomic mass is 32.2. The lowest BCUT2D eigenvalue weighted by molar-refractivity contribution is 0.419. The molecule has 112 valence electrons. The molecule has 0 radical (unpaired) electrons. The highest BCUT2D eigenvalue weighted by molar-refractivity contribution is 7.99. The Morgan fingerprint density at radius 2 is 2.10 bits per heavy atom. The predicted octanol–water partition coefficient (Wildman–Crippen LogP) is 3.72. The highest BCUT2D eigenvalue weighted by Gasteiger charge is 2.26. The Bertz CT molecular complexity index is 435. The molecule has 0 aliphatic heterocycles. The third-order valence-corrected chi connectivity index (χ3v) is 4.71. The van der Waals surface area contributed by atoms with E-state index in [9.17, 15) is 0 Å². The summed E-state index contributed by atoms with van der Waals surface area (Å²) in [7, 11) is 0. The molecule has 1 fully saturated rings. The molecule has 1 aromatic rings. The van der Waals surface area contributed by atoms with E-state index in [-0.39, 0.29) is 6.04 Å².